The molecule has 0 saturated heterocycles. The van der Waals surface area contributed by atoms with Gasteiger partial charge in [-0.2, -0.15) is 0 Å². The van der Waals surface area contributed by atoms with E-state index in [-0.39, 0.29) is 4.47 Å². The Bertz CT molecular complexity index is 432. The number of nitrogens with zero attached hydrogens (tertiary/aromatic N) is 1. The lowest BCUT2D eigenvalue weighted by Crippen LogP contribution is -2.36. The molecule has 12 heavy (non-hydrogen) atoms. The molecule has 64 valence electrons. The zero-order valence-corrected chi connectivity index (χ0v) is 7.29. The van der Waals surface area contributed by atoms with E-state index >= 15 is 0 Å². The standard InChI is InChI=1S/C5H4BrN3O3/c6-2-1-9(4(7)11)5(12)8-3(2)10/h1H,(H2,7,11)(H,8,10,12). The van der Waals surface area contributed by atoms with E-state index in [2.05, 4.69) is 15.9 Å². The van der Waals surface area contributed by atoms with Gasteiger partial charge < -0.3 is 5.73 Å². The van der Waals surface area contributed by atoms with Crippen LogP contribution in [0.3, 0.4) is 0 Å². The van der Waals surface area contributed by atoms with Gasteiger partial charge in [0.05, 0.1) is 4.47 Å². The molecule has 1 aromatic heterocycles. The molecule has 1 amide bonds. The number of H-pyrrole nitrogens is 1. The number of aromatic amines is 1. The van der Waals surface area contributed by atoms with E-state index in [1.54, 1.807) is 0 Å². The minimum Gasteiger partial charge on any atom is -0.351 e. The fourth-order valence-electron chi connectivity index (χ4n) is 0.611. The number of amides is 1. The highest BCUT2D eigenvalue weighted by Gasteiger charge is 2.04. The predicted octanol–water partition coefficient (Wildman–Crippen LogP) is -0.774. The smallest absolute Gasteiger partial charge is 0.336 e. The topological polar surface area (TPSA) is 97.9 Å². The van der Waals surface area contributed by atoms with E-state index in [0.717, 1.165) is 6.20 Å². The maximum atomic E-state index is 10.8. The Morgan fingerprint density at radius 3 is 2.67 bits per heavy atom. The third-order valence-electron chi connectivity index (χ3n) is 1.14. The summed E-state index contributed by atoms with van der Waals surface area (Å²) in [5, 5.41) is 0. The average molecular weight is 234 g/mol. The summed E-state index contributed by atoms with van der Waals surface area (Å²) in [6.07, 6.45) is 1.02. The Hall–Kier alpha value is -1.37. The third kappa shape index (κ3) is 1.45. The minimum absolute atomic E-state index is 0.0703. The Balaban J connectivity index is 3.54. The fourth-order valence-corrected chi connectivity index (χ4v) is 0.915. The van der Waals surface area contributed by atoms with Crippen LogP contribution in [0, 0.1) is 0 Å². The zero-order valence-electron chi connectivity index (χ0n) is 5.70. The van der Waals surface area contributed by atoms with Crippen LogP contribution in [0.4, 0.5) is 4.79 Å². The second-order valence-electron chi connectivity index (χ2n) is 1.94. The van der Waals surface area contributed by atoms with E-state index in [1.807, 2.05) is 4.98 Å². The van der Waals surface area contributed by atoms with Crippen molar-refractivity contribution in [3.8, 4) is 0 Å². The molecule has 0 spiro atoms. The van der Waals surface area contributed by atoms with Crippen molar-refractivity contribution >= 4 is 22.0 Å². The van der Waals surface area contributed by atoms with Gasteiger partial charge in [0, 0.05) is 6.20 Å². The van der Waals surface area contributed by atoms with Gasteiger partial charge in [-0.05, 0) is 15.9 Å². The van der Waals surface area contributed by atoms with Crippen LogP contribution in [0.25, 0.3) is 0 Å². The van der Waals surface area contributed by atoms with Crippen LogP contribution >= 0.6 is 15.9 Å². The molecule has 0 aliphatic carbocycles. The van der Waals surface area contributed by atoms with Gasteiger partial charge in [0.25, 0.3) is 5.56 Å². The summed E-state index contributed by atoms with van der Waals surface area (Å²) >= 11 is 2.84. The molecule has 0 aliphatic rings. The van der Waals surface area contributed by atoms with Crippen LogP contribution < -0.4 is 17.0 Å². The molecule has 1 aromatic rings. The highest BCUT2D eigenvalue weighted by atomic mass is 79.9. The molecular formula is C5H4BrN3O3. The molecule has 0 aromatic carbocycles. The van der Waals surface area contributed by atoms with Crippen molar-refractivity contribution in [3.05, 3.63) is 31.5 Å². The second-order valence-corrected chi connectivity index (χ2v) is 2.80. The van der Waals surface area contributed by atoms with Crippen LogP contribution in [0.2, 0.25) is 0 Å². The first-order chi connectivity index (χ1) is 5.52. The van der Waals surface area contributed by atoms with Crippen LogP contribution in [0.5, 0.6) is 0 Å². The van der Waals surface area contributed by atoms with Gasteiger partial charge in [0.15, 0.2) is 0 Å². The van der Waals surface area contributed by atoms with Crippen LogP contribution in [-0.4, -0.2) is 15.6 Å². The SMILES string of the molecule is NC(=O)n1cc(Br)c(=O)[nH]c1=O. The van der Waals surface area contributed by atoms with Crippen molar-refractivity contribution in [3.63, 3.8) is 0 Å². The first-order valence-electron chi connectivity index (χ1n) is 2.83. The molecule has 3 N–H and O–H groups in total. The summed E-state index contributed by atoms with van der Waals surface area (Å²) in [5.41, 5.74) is 3.36. The minimum atomic E-state index is -0.947. The Kier molecular flexibility index (Phi) is 2.13. The van der Waals surface area contributed by atoms with Gasteiger partial charge in [-0.1, -0.05) is 0 Å². The maximum Gasteiger partial charge on any atom is 0.336 e. The quantitative estimate of drug-likeness (QED) is 0.616. The molecular weight excluding hydrogens is 230 g/mol. The molecule has 0 fully saturated rings. The highest BCUT2D eigenvalue weighted by molar-refractivity contribution is 9.10. The summed E-state index contributed by atoms with van der Waals surface area (Å²) in [5.74, 6) is 0. The second kappa shape index (κ2) is 2.94. The molecule has 1 heterocycles. The van der Waals surface area contributed by atoms with Crippen LogP contribution in [0.15, 0.2) is 20.3 Å². The lowest BCUT2D eigenvalue weighted by molar-refractivity contribution is 0.249. The lowest BCUT2D eigenvalue weighted by atomic mass is 10.6. The first-order valence-corrected chi connectivity index (χ1v) is 3.63. The number of primary amides is 1. The third-order valence-corrected chi connectivity index (χ3v) is 1.70. The molecule has 7 heteroatoms. The van der Waals surface area contributed by atoms with Crippen molar-refractivity contribution < 1.29 is 4.79 Å². The molecule has 0 radical (unpaired) electrons. The van der Waals surface area contributed by atoms with Gasteiger partial charge >= 0.3 is 11.7 Å². The predicted molar refractivity (Wildman–Crippen MR) is 44.0 cm³/mol. The van der Waals surface area contributed by atoms with Gasteiger partial charge in [0.2, 0.25) is 0 Å². The number of halogens is 1. The average Bonchev–Trinajstić information content (AvgIpc) is 1.96. The molecule has 0 saturated carbocycles. The zero-order chi connectivity index (χ0) is 9.30. The van der Waals surface area contributed by atoms with E-state index in [4.69, 9.17) is 5.73 Å². The van der Waals surface area contributed by atoms with Crippen molar-refractivity contribution in [2.75, 3.05) is 0 Å². The molecule has 0 atom stereocenters. The van der Waals surface area contributed by atoms with E-state index in [0.29, 0.717) is 4.57 Å². The molecule has 6 nitrogen and oxygen atoms in total. The summed E-state index contributed by atoms with van der Waals surface area (Å²) in [6, 6.07) is -0.947. The largest absolute Gasteiger partial charge is 0.351 e. The maximum absolute atomic E-state index is 10.8. The monoisotopic (exact) mass is 233 g/mol. The number of nitrogens with one attached hydrogen (secondary N) is 1. The molecule has 0 bridgehead atoms. The Morgan fingerprint density at radius 1 is 1.58 bits per heavy atom. The van der Waals surface area contributed by atoms with E-state index in [1.165, 1.54) is 0 Å². The molecule has 0 aliphatic heterocycles. The summed E-state index contributed by atoms with van der Waals surface area (Å²) in [4.78, 5) is 34.0. The van der Waals surface area contributed by atoms with Gasteiger partial charge in [-0.15, -0.1) is 0 Å². The number of rotatable bonds is 0. The number of nitrogens with two attached hydrogens (primary N) is 1. The number of aromatic nitrogens is 2. The Labute approximate surface area is 74.1 Å². The number of carbonyl (C=O) groups excluding carboxylic acids is 1. The highest BCUT2D eigenvalue weighted by Crippen LogP contribution is 1.96. The van der Waals surface area contributed by atoms with E-state index in [9.17, 15) is 14.4 Å². The number of carbonyl (C=O) groups is 1. The Morgan fingerprint density at radius 2 is 2.17 bits per heavy atom. The van der Waals surface area contributed by atoms with Crippen molar-refractivity contribution in [1.82, 2.24) is 9.55 Å². The van der Waals surface area contributed by atoms with Crippen LogP contribution in [-0.2, 0) is 0 Å². The van der Waals surface area contributed by atoms with Crippen LogP contribution in [0.1, 0.15) is 0 Å². The van der Waals surface area contributed by atoms with Gasteiger partial charge in [0.1, 0.15) is 0 Å². The number of hydrogen-bond acceptors (Lipinski definition) is 3. The van der Waals surface area contributed by atoms with Crippen molar-refractivity contribution in [2.24, 2.45) is 5.73 Å². The summed E-state index contributed by atoms with van der Waals surface area (Å²) in [6.45, 7) is 0. The van der Waals surface area contributed by atoms with Gasteiger partial charge in [-0.3, -0.25) is 9.78 Å². The molecule has 0 unspecified atom stereocenters. The normalized spacial score (nSPS) is 9.75. The molecule has 1 rings (SSSR count). The van der Waals surface area contributed by atoms with Crippen molar-refractivity contribution in [2.45, 2.75) is 0 Å². The summed E-state index contributed by atoms with van der Waals surface area (Å²) < 4.78 is 0.659. The number of hydrogen-bond donors (Lipinski definition) is 2. The lowest BCUT2D eigenvalue weighted by Gasteiger charge is -1.97. The fraction of sp³-hybridized carbons (Fsp3) is 0. The van der Waals surface area contributed by atoms with E-state index < -0.39 is 17.3 Å². The first kappa shape index (κ1) is 8.72. The van der Waals surface area contributed by atoms with Crippen molar-refractivity contribution in [1.29, 1.82) is 0 Å². The summed E-state index contributed by atoms with van der Waals surface area (Å²) in [7, 11) is 0. The van der Waals surface area contributed by atoms with Gasteiger partial charge in [-0.25, -0.2) is 14.2 Å².